The number of carbonyl (C=O) groups excluding carboxylic acids is 1. The summed E-state index contributed by atoms with van der Waals surface area (Å²) in [7, 11) is 3.20. The molecule has 0 aliphatic carbocycles. The molecule has 2 heterocycles. The minimum Gasteiger partial charge on any atom is -0.497 e. The maximum atomic E-state index is 12.7. The highest BCUT2D eigenvalue weighted by Gasteiger charge is 2.15. The van der Waals surface area contributed by atoms with Crippen LogP contribution >= 0.6 is 0 Å². The molecule has 192 valence electrons. The molecule has 2 N–H and O–H groups in total. The minimum absolute atomic E-state index is 0.0525. The van der Waals surface area contributed by atoms with E-state index in [2.05, 4.69) is 20.2 Å². The van der Waals surface area contributed by atoms with Crippen molar-refractivity contribution in [1.82, 2.24) is 20.2 Å². The van der Waals surface area contributed by atoms with E-state index in [-0.39, 0.29) is 18.2 Å². The highest BCUT2D eigenvalue weighted by Crippen LogP contribution is 2.33. The Kier molecular flexibility index (Phi) is 8.91. The lowest BCUT2D eigenvalue weighted by atomic mass is 10.1. The van der Waals surface area contributed by atoms with Crippen LogP contribution in [0.4, 0.5) is 11.4 Å². The number of anilines is 2. The predicted octanol–water partition coefficient (Wildman–Crippen LogP) is 3.38. The number of ether oxygens (including phenoxy) is 2. The fourth-order valence-electron chi connectivity index (χ4n) is 4.51. The van der Waals surface area contributed by atoms with Gasteiger partial charge in [-0.3, -0.25) is 9.78 Å². The summed E-state index contributed by atoms with van der Waals surface area (Å²) in [6.45, 7) is 4.22. The van der Waals surface area contributed by atoms with Crippen molar-refractivity contribution in [1.29, 1.82) is 0 Å². The van der Waals surface area contributed by atoms with E-state index in [4.69, 9.17) is 9.47 Å². The van der Waals surface area contributed by atoms with Crippen LogP contribution in [0.1, 0.15) is 36.2 Å². The van der Waals surface area contributed by atoms with E-state index in [1.807, 2.05) is 35.2 Å². The molecule has 0 atom stereocenters. The lowest BCUT2D eigenvalue weighted by Crippen LogP contribution is -2.33. The lowest BCUT2D eigenvalue weighted by molar-refractivity contribution is 0.0946. The number of hydrogen-bond donors (Lipinski definition) is 2. The van der Waals surface area contributed by atoms with Crippen LogP contribution in [0.25, 0.3) is 11.0 Å². The molecule has 1 aliphatic heterocycles. The van der Waals surface area contributed by atoms with Crippen molar-refractivity contribution in [3.63, 3.8) is 0 Å². The molecular weight excluding hydrogens is 458 g/mol. The van der Waals surface area contributed by atoms with Crippen molar-refractivity contribution in [2.45, 2.75) is 25.7 Å². The molecule has 1 saturated heterocycles. The zero-order valence-electron chi connectivity index (χ0n) is 21.1. The number of nitrogens with zero attached hydrogens (tertiary/aromatic N) is 4. The van der Waals surface area contributed by atoms with Gasteiger partial charge in [0.1, 0.15) is 17.2 Å². The molecule has 9 nitrogen and oxygen atoms in total. The number of nitrogens with one attached hydrogen (secondary N) is 1. The van der Waals surface area contributed by atoms with E-state index in [9.17, 15) is 9.90 Å². The van der Waals surface area contributed by atoms with Gasteiger partial charge in [0.2, 0.25) is 0 Å². The average Bonchev–Trinajstić information content (AvgIpc) is 2.93. The maximum Gasteiger partial charge on any atom is 0.271 e. The minimum atomic E-state index is -0.224. The summed E-state index contributed by atoms with van der Waals surface area (Å²) < 4.78 is 10.8. The molecule has 2 aromatic carbocycles. The number of methoxy groups -OCH3 is 2. The molecule has 3 aromatic rings. The molecule has 0 unspecified atom stereocenters. The predicted molar refractivity (Wildman–Crippen MR) is 140 cm³/mol. The quantitative estimate of drug-likeness (QED) is 0.392. The lowest BCUT2D eigenvalue weighted by Gasteiger charge is -2.26. The van der Waals surface area contributed by atoms with Crippen molar-refractivity contribution in [2.24, 2.45) is 0 Å². The Morgan fingerprint density at radius 2 is 1.78 bits per heavy atom. The zero-order valence-corrected chi connectivity index (χ0v) is 21.1. The highest BCUT2D eigenvalue weighted by molar-refractivity contribution is 5.94. The van der Waals surface area contributed by atoms with Crippen molar-refractivity contribution in [3.8, 4) is 11.5 Å². The molecule has 1 fully saturated rings. The van der Waals surface area contributed by atoms with E-state index in [1.165, 1.54) is 25.5 Å². The molecule has 4 rings (SSSR count). The monoisotopic (exact) mass is 493 g/mol. The second kappa shape index (κ2) is 12.5. The number of rotatable bonds is 11. The van der Waals surface area contributed by atoms with Gasteiger partial charge in [-0.1, -0.05) is 6.42 Å². The van der Waals surface area contributed by atoms with Crippen LogP contribution in [0.2, 0.25) is 0 Å². The molecule has 1 aromatic heterocycles. The number of amides is 1. The molecule has 36 heavy (non-hydrogen) atoms. The summed E-state index contributed by atoms with van der Waals surface area (Å²) in [6, 6.07) is 11.2. The van der Waals surface area contributed by atoms with Crippen molar-refractivity contribution >= 4 is 28.3 Å². The second-order valence-electron chi connectivity index (χ2n) is 8.89. The number of hydrogen-bond acceptors (Lipinski definition) is 8. The van der Waals surface area contributed by atoms with Crippen LogP contribution in [0.5, 0.6) is 11.5 Å². The van der Waals surface area contributed by atoms with E-state index in [1.54, 1.807) is 20.3 Å². The Balaban J connectivity index is 1.49. The first kappa shape index (κ1) is 25.7. The highest BCUT2D eigenvalue weighted by atomic mass is 16.5. The molecule has 9 heteroatoms. The van der Waals surface area contributed by atoms with E-state index in [0.29, 0.717) is 35.6 Å². The van der Waals surface area contributed by atoms with Gasteiger partial charge in [0.05, 0.1) is 38.1 Å². The SMILES string of the molecule is COc1cc(OC)cc(N(CCO)c2ccc3ncc(C(=O)NCCCN4CCCCC4)nc3c2)c1. The first-order valence-electron chi connectivity index (χ1n) is 12.5. The Labute approximate surface area is 212 Å². The van der Waals surface area contributed by atoms with Gasteiger partial charge in [-0.05, 0) is 57.1 Å². The Morgan fingerprint density at radius 1 is 1.03 bits per heavy atom. The average molecular weight is 494 g/mol. The number of aliphatic hydroxyl groups excluding tert-OH is 1. The van der Waals surface area contributed by atoms with Gasteiger partial charge in [0.15, 0.2) is 0 Å². The molecule has 1 aliphatic rings. The van der Waals surface area contributed by atoms with Crippen LogP contribution in [0, 0.1) is 0 Å². The van der Waals surface area contributed by atoms with E-state index < -0.39 is 0 Å². The number of carbonyl (C=O) groups is 1. The van der Waals surface area contributed by atoms with Crippen LogP contribution in [-0.2, 0) is 0 Å². The normalized spacial score (nSPS) is 14.0. The molecule has 0 saturated carbocycles. The third-order valence-corrected chi connectivity index (χ3v) is 6.43. The third-order valence-electron chi connectivity index (χ3n) is 6.43. The van der Waals surface area contributed by atoms with Gasteiger partial charge < -0.3 is 29.7 Å². The number of aromatic nitrogens is 2. The van der Waals surface area contributed by atoms with Gasteiger partial charge in [0, 0.05) is 42.7 Å². The van der Waals surface area contributed by atoms with Crippen LogP contribution in [0.15, 0.2) is 42.6 Å². The van der Waals surface area contributed by atoms with Crippen LogP contribution in [0.3, 0.4) is 0 Å². The largest absolute Gasteiger partial charge is 0.497 e. The van der Waals surface area contributed by atoms with Gasteiger partial charge in [-0.25, -0.2) is 4.98 Å². The first-order valence-corrected chi connectivity index (χ1v) is 12.5. The van der Waals surface area contributed by atoms with Gasteiger partial charge in [0.25, 0.3) is 5.91 Å². The number of likely N-dealkylation sites (tertiary alicyclic amines) is 1. The number of benzene rings is 2. The number of aliphatic hydroxyl groups is 1. The van der Waals surface area contributed by atoms with Crippen LogP contribution in [-0.4, -0.2) is 79.4 Å². The summed E-state index contributed by atoms with van der Waals surface area (Å²) >= 11 is 0. The summed E-state index contributed by atoms with van der Waals surface area (Å²) in [5.41, 5.74) is 3.18. The molecule has 0 spiro atoms. The Morgan fingerprint density at radius 3 is 2.47 bits per heavy atom. The Hall–Kier alpha value is -3.43. The Bertz CT molecular complexity index is 1140. The fourth-order valence-corrected chi connectivity index (χ4v) is 4.51. The summed E-state index contributed by atoms with van der Waals surface area (Å²) in [5.74, 6) is 1.07. The van der Waals surface area contributed by atoms with Crippen LogP contribution < -0.4 is 19.7 Å². The maximum absolute atomic E-state index is 12.7. The van der Waals surface area contributed by atoms with Crippen molar-refractivity contribution in [2.75, 3.05) is 58.5 Å². The first-order chi connectivity index (χ1) is 17.6. The molecule has 0 bridgehead atoms. The number of piperidine rings is 1. The number of fused-ring (bicyclic) bond motifs is 1. The van der Waals surface area contributed by atoms with Gasteiger partial charge in [-0.15, -0.1) is 0 Å². The summed E-state index contributed by atoms with van der Waals surface area (Å²) in [5, 5.41) is 12.7. The van der Waals surface area contributed by atoms with Crippen molar-refractivity contribution in [3.05, 3.63) is 48.3 Å². The fraction of sp³-hybridized carbons (Fsp3) is 0.444. The van der Waals surface area contributed by atoms with Gasteiger partial charge >= 0.3 is 0 Å². The third kappa shape index (κ3) is 6.41. The van der Waals surface area contributed by atoms with E-state index >= 15 is 0 Å². The second-order valence-corrected chi connectivity index (χ2v) is 8.89. The topological polar surface area (TPSA) is 100 Å². The smallest absolute Gasteiger partial charge is 0.271 e. The van der Waals surface area contributed by atoms with Crippen molar-refractivity contribution < 1.29 is 19.4 Å². The molecule has 1 amide bonds. The van der Waals surface area contributed by atoms with Gasteiger partial charge in [-0.2, -0.15) is 0 Å². The van der Waals surface area contributed by atoms with E-state index in [0.717, 1.165) is 37.4 Å². The standard InChI is InChI=1S/C27H35N5O4/c1-35-22-15-21(16-23(18-22)36-2)32(13-14-33)20-7-8-24-25(17-20)30-26(19-29-24)27(34)28-9-6-12-31-10-4-3-5-11-31/h7-8,15-19,33H,3-6,9-14H2,1-2H3,(H,28,34). The summed E-state index contributed by atoms with van der Waals surface area (Å²) in [6.07, 6.45) is 6.28. The zero-order chi connectivity index (χ0) is 25.3. The summed E-state index contributed by atoms with van der Waals surface area (Å²) in [4.78, 5) is 26.2. The molecule has 0 radical (unpaired) electrons. The molecular formula is C27H35N5O4.